The van der Waals surface area contributed by atoms with Crippen molar-refractivity contribution in [1.29, 1.82) is 0 Å². The lowest BCUT2D eigenvalue weighted by atomic mass is 9.93. The van der Waals surface area contributed by atoms with Gasteiger partial charge in [-0.2, -0.15) is 4.68 Å². The first-order valence-corrected chi connectivity index (χ1v) is 10.4. The molecule has 1 aromatic carbocycles. The van der Waals surface area contributed by atoms with Crippen LogP contribution < -0.4 is 11.5 Å². The number of rotatable bonds is 2. The van der Waals surface area contributed by atoms with Crippen molar-refractivity contribution in [1.82, 2.24) is 14.7 Å². The van der Waals surface area contributed by atoms with Crippen LogP contribution in [-0.2, 0) is 4.79 Å². The first-order valence-electron chi connectivity index (χ1n) is 8.87. The van der Waals surface area contributed by atoms with E-state index in [1.807, 2.05) is 0 Å². The number of nitrogen functional groups attached to an aromatic ring is 2. The highest BCUT2D eigenvalue weighted by molar-refractivity contribution is 8.18. The summed E-state index contributed by atoms with van der Waals surface area (Å²) in [5, 5.41) is 4.11. The second-order valence-electron chi connectivity index (χ2n) is 7.02. The lowest BCUT2D eigenvalue weighted by Crippen LogP contribution is -2.36. The predicted molar refractivity (Wildman–Crippen MR) is 114 cm³/mol. The van der Waals surface area contributed by atoms with Gasteiger partial charge in [0, 0.05) is 11.1 Å². The summed E-state index contributed by atoms with van der Waals surface area (Å²) in [7, 11) is 0. The number of aromatic nitrogens is 2. The van der Waals surface area contributed by atoms with Gasteiger partial charge in [-0.25, -0.2) is 0 Å². The summed E-state index contributed by atoms with van der Waals surface area (Å²) in [5.41, 5.74) is 13.4. The number of carbonyl (C=O) groups excluding carboxylic acids is 3. The third kappa shape index (κ3) is 3.70. The maximum atomic E-state index is 12.8. The molecule has 2 aliphatic rings. The van der Waals surface area contributed by atoms with Crippen molar-refractivity contribution < 1.29 is 14.4 Å². The quantitative estimate of drug-likeness (QED) is 0.404. The molecule has 1 aliphatic carbocycles. The van der Waals surface area contributed by atoms with Gasteiger partial charge >= 0.3 is 0 Å². The lowest BCUT2D eigenvalue weighted by molar-refractivity contribution is -0.122. The van der Waals surface area contributed by atoms with Crippen LogP contribution in [0.25, 0.3) is 10.9 Å². The second kappa shape index (κ2) is 7.23. The first kappa shape index (κ1) is 20.1. The fourth-order valence-electron chi connectivity index (χ4n) is 3.44. The van der Waals surface area contributed by atoms with Crippen LogP contribution in [0.5, 0.6) is 0 Å². The number of hydrogen-bond acceptors (Lipinski definition) is 7. The minimum Gasteiger partial charge on any atom is -0.399 e. The number of benzene rings is 1. The van der Waals surface area contributed by atoms with Gasteiger partial charge in [0.2, 0.25) is 0 Å². The first-order chi connectivity index (χ1) is 13.7. The van der Waals surface area contributed by atoms with Gasteiger partial charge in [0.15, 0.2) is 5.82 Å². The molecule has 29 heavy (non-hydrogen) atoms. The van der Waals surface area contributed by atoms with Gasteiger partial charge in [0.1, 0.15) is 10.9 Å². The molecular formula is C18H17Cl2N5O3S. The molecule has 8 nitrogen and oxygen atoms in total. The highest BCUT2D eigenvalue weighted by Gasteiger charge is 2.40. The van der Waals surface area contributed by atoms with E-state index in [0.29, 0.717) is 47.2 Å². The highest BCUT2D eigenvalue weighted by atomic mass is 35.5. The van der Waals surface area contributed by atoms with Crippen molar-refractivity contribution in [2.75, 3.05) is 18.0 Å². The molecule has 11 heteroatoms. The molecule has 1 aliphatic heterocycles. The van der Waals surface area contributed by atoms with Crippen LogP contribution in [0.3, 0.4) is 0 Å². The smallest absolute Gasteiger partial charge is 0.294 e. The van der Waals surface area contributed by atoms with E-state index in [0.717, 1.165) is 26.9 Å². The van der Waals surface area contributed by atoms with Crippen molar-refractivity contribution in [2.45, 2.75) is 30.0 Å². The van der Waals surface area contributed by atoms with Crippen LogP contribution in [0, 0.1) is 0 Å². The van der Waals surface area contributed by atoms with E-state index < -0.39 is 27.9 Å². The summed E-state index contributed by atoms with van der Waals surface area (Å²) in [6.07, 6.45) is 2.09. The summed E-state index contributed by atoms with van der Waals surface area (Å²) in [4.78, 5) is 39.3. The molecule has 2 fully saturated rings. The zero-order valence-electron chi connectivity index (χ0n) is 15.2. The third-order valence-corrected chi connectivity index (χ3v) is 6.84. The number of alkyl halides is 2. The van der Waals surface area contributed by atoms with Crippen LogP contribution in [0.2, 0.25) is 0 Å². The number of hydrogen-bond donors (Lipinski definition) is 2. The van der Waals surface area contributed by atoms with Gasteiger partial charge in [-0.1, -0.05) is 5.57 Å². The van der Waals surface area contributed by atoms with Crippen molar-refractivity contribution in [3.63, 3.8) is 0 Å². The van der Waals surface area contributed by atoms with E-state index >= 15 is 0 Å². The summed E-state index contributed by atoms with van der Waals surface area (Å²) in [6.45, 7) is -0.443. The van der Waals surface area contributed by atoms with Gasteiger partial charge in [0.05, 0.1) is 10.4 Å². The van der Waals surface area contributed by atoms with Gasteiger partial charge < -0.3 is 11.5 Å². The zero-order valence-corrected chi connectivity index (χ0v) is 17.5. The fraction of sp³-hybridized carbons (Fsp3) is 0.333. The standard InChI is InChI=1S/C18H17Cl2N5O3S/c19-18(20)5-3-9(4-6-18)14-16(27)24(17(28)29-14)8-13(26)25-12-7-10(21)1-2-11(12)15(22)23-25/h1-2,7H,3-6,8,21H2,(H2,22,23). The molecule has 2 amide bonds. The Morgan fingerprint density at radius 3 is 2.59 bits per heavy atom. The molecule has 0 atom stereocenters. The number of nitrogens with zero attached hydrogens (tertiary/aromatic N) is 3. The van der Waals surface area contributed by atoms with E-state index in [-0.39, 0.29) is 5.82 Å². The van der Waals surface area contributed by atoms with E-state index in [9.17, 15) is 14.4 Å². The number of carbonyl (C=O) groups is 3. The average molecular weight is 454 g/mol. The molecule has 4 rings (SSSR count). The summed E-state index contributed by atoms with van der Waals surface area (Å²) in [5.74, 6) is -0.878. The Morgan fingerprint density at radius 1 is 1.21 bits per heavy atom. The topological polar surface area (TPSA) is 124 Å². The average Bonchev–Trinajstić information content (AvgIpc) is 3.13. The van der Waals surface area contributed by atoms with E-state index in [1.54, 1.807) is 18.2 Å². The van der Waals surface area contributed by atoms with Crippen LogP contribution in [0.15, 0.2) is 28.7 Å². The van der Waals surface area contributed by atoms with Gasteiger partial charge in [-0.3, -0.25) is 19.3 Å². The highest BCUT2D eigenvalue weighted by Crippen LogP contribution is 2.44. The number of halogens is 2. The fourth-order valence-corrected chi connectivity index (χ4v) is 4.80. The molecule has 2 aromatic rings. The van der Waals surface area contributed by atoms with E-state index in [1.165, 1.54) is 0 Å². The molecule has 0 spiro atoms. The minimum absolute atomic E-state index is 0.164. The van der Waals surface area contributed by atoms with Crippen LogP contribution >= 0.6 is 35.0 Å². The summed E-state index contributed by atoms with van der Waals surface area (Å²) < 4.78 is 0.270. The van der Waals surface area contributed by atoms with Gasteiger partial charge in [0.25, 0.3) is 17.1 Å². The normalized spacial score (nSPS) is 19.4. The van der Waals surface area contributed by atoms with Gasteiger partial charge in [-0.05, 0) is 55.6 Å². The minimum atomic E-state index is -0.807. The third-order valence-electron chi connectivity index (χ3n) is 5.02. The zero-order chi connectivity index (χ0) is 20.9. The molecule has 152 valence electrons. The Balaban J connectivity index is 1.57. The number of allylic oxidation sites excluding steroid dienone is 1. The molecule has 0 radical (unpaired) electrons. The molecule has 1 aromatic heterocycles. The molecule has 1 saturated heterocycles. The second-order valence-corrected chi connectivity index (χ2v) is 9.62. The monoisotopic (exact) mass is 453 g/mol. The van der Waals surface area contributed by atoms with E-state index in [4.69, 9.17) is 34.7 Å². The maximum Gasteiger partial charge on any atom is 0.294 e. The number of nitrogens with two attached hydrogens (primary N) is 2. The number of fused-ring (bicyclic) bond motifs is 1. The Labute approximate surface area is 180 Å². The lowest BCUT2D eigenvalue weighted by Gasteiger charge is -2.26. The number of thioether (sulfide) groups is 1. The SMILES string of the molecule is Nc1ccc2c(N)nn(C(=O)CN3C(=O)SC(=C4CCC(Cl)(Cl)CC4)C3=O)c2c1. The Kier molecular flexibility index (Phi) is 5.00. The Hall–Kier alpha value is -2.23. The number of anilines is 2. The number of amides is 2. The van der Waals surface area contributed by atoms with Crippen LogP contribution in [0.4, 0.5) is 16.3 Å². The maximum absolute atomic E-state index is 12.8. The van der Waals surface area contributed by atoms with Crippen LogP contribution in [-0.4, -0.2) is 42.6 Å². The van der Waals surface area contributed by atoms with Crippen molar-refractivity contribution in [3.8, 4) is 0 Å². The molecular weight excluding hydrogens is 437 g/mol. The summed E-state index contributed by atoms with van der Waals surface area (Å²) >= 11 is 13.1. The van der Waals surface area contributed by atoms with Gasteiger partial charge in [-0.15, -0.1) is 28.3 Å². The summed E-state index contributed by atoms with van der Waals surface area (Å²) in [6, 6.07) is 4.88. The van der Waals surface area contributed by atoms with E-state index in [2.05, 4.69) is 5.10 Å². The van der Waals surface area contributed by atoms with Crippen LogP contribution in [0.1, 0.15) is 30.5 Å². The molecule has 2 heterocycles. The molecule has 0 unspecified atom stereocenters. The largest absolute Gasteiger partial charge is 0.399 e. The van der Waals surface area contributed by atoms with Crippen molar-refractivity contribution in [2.24, 2.45) is 0 Å². The predicted octanol–water partition coefficient (Wildman–Crippen LogP) is 3.54. The Morgan fingerprint density at radius 2 is 1.90 bits per heavy atom. The van der Waals surface area contributed by atoms with Crippen molar-refractivity contribution >= 4 is 74.4 Å². The number of imide groups is 1. The molecule has 1 saturated carbocycles. The molecule has 4 N–H and O–H groups in total. The van der Waals surface area contributed by atoms with Crippen molar-refractivity contribution in [3.05, 3.63) is 28.7 Å². The molecule has 0 bridgehead atoms. The Bertz CT molecular complexity index is 1080.